The number of carboxylic acid groups (broad SMARTS) is 1. The minimum absolute atomic E-state index is 0.411. The largest absolute Gasteiger partial charge is 0.480 e. The lowest BCUT2D eigenvalue weighted by Gasteiger charge is -2.37. The molecule has 2 saturated carbocycles. The molecule has 2 rings (SSSR count). The van der Waals surface area contributed by atoms with Crippen LogP contribution in [-0.2, 0) is 4.79 Å². The Hall–Kier alpha value is -0.570. The van der Waals surface area contributed by atoms with E-state index in [9.17, 15) is 9.90 Å². The zero-order valence-corrected chi connectivity index (χ0v) is 11.6. The Morgan fingerprint density at radius 2 is 1.72 bits per heavy atom. The molecule has 104 valence electrons. The van der Waals surface area contributed by atoms with Crippen LogP contribution in [0.2, 0.25) is 0 Å². The quantitative estimate of drug-likeness (QED) is 0.739. The number of aliphatic carboxylic acids is 1. The van der Waals surface area contributed by atoms with Crippen molar-refractivity contribution in [2.75, 3.05) is 0 Å². The second kappa shape index (κ2) is 6.05. The smallest absolute Gasteiger partial charge is 0.323 e. The summed E-state index contributed by atoms with van der Waals surface area (Å²) >= 11 is 0. The molecular weight excluding hydrogens is 226 g/mol. The molecule has 0 aromatic rings. The predicted molar refractivity (Wildman–Crippen MR) is 72.6 cm³/mol. The maximum absolute atomic E-state index is 11.6. The maximum Gasteiger partial charge on any atom is 0.323 e. The fraction of sp³-hybridized carbons (Fsp3) is 0.933. The summed E-state index contributed by atoms with van der Waals surface area (Å²) in [6.45, 7) is 1.89. The van der Waals surface area contributed by atoms with Crippen LogP contribution in [0.1, 0.15) is 71.1 Å². The Bertz CT molecular complexity index is 280. The Morgan fingerprint density at radius 3 is 2.17 bits per heavy atom. The van der Waals surface area contributed by atoms with Gasteiger partial charge in [-0.1, -0.05) is 44.9 Å². The Labute approximate surface area is 110 Å². The summed E-state index contributed by atoms with van der Waals surface area (Å²) in [5.74, 6) is -0.0389. The molecule has 0 aromatic carbocycles. The molecule has 3 heteroatoms. The molecule has 1 atom stereocenters. The van der Waals surface area contributed by atoms with Crippen LogP contribution in [0.4, 0.5) is 0 Å². The first-order valence-electron chi connectivity index (χ1n) is 7.61. The molecule has 0 bridgehead atoms. The van der Waals surface area contributed by atoms with E-state index >= 15 is 0 Å². The van der Waals surface area contributed by atoms with Crippen molar-refractivity contribution in [3.63, 3.8) is 0 Å². The van der Waals surface area contributed by atoms with Gasteiger partial charge >= 0.3 is 5.97 Å². The van der Waals surface area contributed by atoms with E-state index in [1.165, 1.54) is 44.9 Å². The van der Waals surface area contributed by atoms with Crippen molar-refractivity contribution < 1.29 is 9.90 Å². The lowest BCUT2D eigenvalue weighted by molar-refractivity contribution is -0.145. The summed E-state index contributed by atoms with van der Waals surface area (Å²) in [6.07, 6.45) is 11.9. The summed E-state index contributed by atoms with van der Waals surface area (Å²) in [6, 6.07) is 0.411. The molecule has 0 saturated heterocycles. The summed E-state index contributed by atoms with van der Waals surface area (Å²) < 4.78 is 0. The van der Waals surface area contributed by atoms with Crippen LogP contribution < -0.4 is 5.32 Å². The maximum atomic E-state index is 11.6. The van der Waals surface area contributed by atoms with E-state index in [2.05, 4.69) is 5.32 Å². The number of rotatable bonds is 5. The standard InChI is InChI=1S/C15H27NO2/c1-15(14(17)18,11-12-7-6-8-12)16-13-9-4-2-3-5-10-13/h12-13,16H,2-11H2,1H3,(H,17,18). The van der Waals surface area contributed by atoms with E-state index in [1.54, 1.807) is 0 Å². The third-order valence-corrected chi connectivity index (χ3v) is 4.77. The molecule has 2 fully saturated rings. The number of nitrogens with one attached hydrogen (secondary N) is 1. The van der Waals surface area contributed by atoms with Crippen molar-refractivity contribution >= 4 is 5.97 Å². The van der Waals surface area contributed by atoms with E-state index in [0.717, 1.165) is 19.3 Å². The molecule has 2 N–H and O–H groups in total. The van der Waals surface area contributed by atoms with Crippen LogP contribution in [0.25, 0.3) is 0 Å². The molecule has 0 aliphatic heterocycles. The van der Waals surface area contributed by atoms with Gasteiger partial charge in [0.05, 0.1) is 0 Å². The van der Waals surface area contributed by atoms with E-state index in [-0.39, 0.29) is 0 Å². The van der Waals surface area contributed by atoms with Gasteiger partial charge in [-0.15, -0.1) is 0 Å². The van der Waals surface area contributed by atoms with Crippen LogP contribution >= 0.6 is 0 Å². The predicted octanol–water partition coefficient (Wildman–Crippen LogP) is 3.33. The monoisotopic (exact) mass is 253 g/mol. The van der Waals surface area contributed by atoms with Gasteiger partial charge in [0, 0.05) is 6.04 Å². The number of hydrogen-bond acceptors (Lipinski definition) is 2. The van der Waals surface area contributed by atoms with Crippen LogP contribution in [0.15, 0.2) is 0 Å². The van der Waals surface area contributed by atoms with E-state index < -0.39 is 11.5 Å². The van der Waals surface area contributed by atoms with Gasteiger partial charge in [-0.25, -0.2) is 0 Å². The van der Waals surface area contributed by atoms with Gasteiger partial charge in [0.1, 0.15) is 5.54 Å². The van der Waals surface area contributed by atoms with Crippen molar-refractivity contribution in [3.8, 4) is 0 Å². The molecule has 1 unspecified atom stereocenters. The molecule has 0 spiro atoms. The van der Waals surface area contributed by atoms with Gasteiger partial charge in [0.2, 0.25) is 0 Å². The summed E-state index contributed by atoms with van der Waals surface area (Å²) in [5.41, 5.74) is -0.708. The summed E-state index contributed by atoms with van der Waals surface area (Å²) in [7, 11) is 0. The first-order chi connectivity index (χ1) is 8.60. The first-order valence-corrected chi connectivity index (χ1v) is 7.61. The number of carbonyl (C=O) groups is 1. The number of hydrogen-bond donors (Lipinski definition) is 2. The van der Waals surface area contributed by atoms with Crippen molar-refractivity contribution in [3.05, 3.63) is 0 Å². The third kappa shape index (κ3) is 3.47. The molecule has 2 aliphatic carbocycles. The van der Waals surface area contributed by atoms with Gasteiger partial charge in [0.15, 0.2) is 0 Å². The molecule has 0 amide bonds. The second-order valence-electron chi connectivity index (χ2n) is 6.47. The zero-order valence-electron chi connectivity index (χ0n) is 11.6. The molecule has 0 radical (unpaired) electrons. The van der Waals surface area contributed by atoms with Crippen molar-refractivity contribution in [1.82, 2.24) is 5.32 Å². The minimum atomic E-state index is -0.708. The fourth-order valence-electron chi connectivity index (χ4n) is 3.36. The Balaban J connectivity index is 1.92. The Kier molecular flexibility index (Phi) is 4.66. The second-order valence-corrected chi connectivity index (χ2v) is 6.47. The van der Waals surface area contributed by atoms with Crippen molar-refractivity contribution in [1.29, 1.82) is 0 Å². The number of carboxylic acids is 1. The van der Waals surface area contributed by atoms with Gasteiger partial charge in [-0.3, -0.25) is 10.1 Å². The highest BCUT2D eigenvalue weighted by atomic mass is 16.4. The van der Waals surface area contributed by atoms with Gasteiger partial charge in [-0.2, -0.15) is 0 Å². The van der Waals surface area contributed by atoms with Crippen LogP contribution in [0.3, 0.4) is 0 Å². The zero-order chi connectivity index (χ0) is 13.0. The summed E-state index contributed by atoms with van der Waals surface area (Å²) in [4.78, 5) is 11.6. The normalized spacial score (nSPS) is 26.1. The molecule has 0 heterocycles. The Morgan fingerprint density at radius 1 is 1.11 bits per heavy atom. The highest BCUT2D eigenvalue weighted by molar-refractivity contribution is 5.78. The van der Waals surface area contributed by atoms with Gasteiger partial charge in [0.25, 0.3) is 0 Å². The van der Waals surface area contributed by atoms with Crippen molar-refractivity contribution in [2.24, 2.45) is 5.92 Å². The molecule has 3 nitrogen and oxygen atoms in total. The van der Waals surface area contributed by atoms with E-state index in [4.69, 9.17) is 0 Å². The van der Waals surface area contributed by atoms with Gasteiger partial charge in [-0.05, 0) is 32.1 Å². The average molecular weight is 253 g/mol. The summed E-state index contributed by atoms with van der Waals surface area (Å²) in [5, 5.41) is 13.0. The first kappa shape index (κ1) is 13.9. The molecule has 18 heavy (non-hydrogen) atoms. The van der Waals surface area contributed by atoms with Crippen LogP contribution in [0.5, 0.6) is 0 Å². The lowest BCUT2D eigenvalue weighted by Crippen LogP contribution is -2.55. The van der Waals surface area contributed by atoms with Crippen LogP contribution in [-0.4, -0.2) is 22.7 Å². The van der Waals surface area contributed by atoms with Crippen LogP contribution in [0, 0.1) is 5.92 Å². The molecule has 0 aromatic heterocycles. The van der Waals surface area contributed by atoms with E-state index in [0.29, 0.717) is 12.0 Å². The van der Waals surface area contributed by atoms with Crippen molar-refractivity contribution in [2.45, 2.75) is 82.7 Å². The van der Waals surface area contributed by atoms with Gasteiger partial charge < -0.3 is 5.11 Å². The lowest BCUT2D eigenvalue weighted by atomic mass is 9.76. The topological polar surface area (TPSA) is 49.3 Å². The SMILES string of the molecule is CC(CC1CCC1)(NC1CCCCCC1)C(=O)O. The highest BCUT2D eigenvalue weighted by Crippen LogP contribution is 2.34. The minimum Gasteiger partial charge on any atom is -0.480 e. The highest BCUT2D eigenvalue weighted by Gasteiger charge is 2.38. The fourth-order valence-corrected chi connectivity index (χ4v) is 3.36. The van der Waals surface area contributed by atoms with E-state index in [1.807, 2.05) is 6.92 Å². The molecular formula is C15H27NO2. The third-order valence-electron chi connectivity index (χ3n) is 4.77. The molecule has 2 aliphatic rings. The average Bonchev–Trinajstić information content (AvgIpc) is 2.52.